The number of nitrogens with zero attached hydrogens (tertiary/aromatic N) is 1. The van der Waals surface area contributed by atoms with Crippen LogP contribution >= 0.6 is 33.9 Å². The Bertz CT molecular complexity index is 443. The molecule has 1 aliphatic rings. The van der Waals surface area contributed by atoms with Crippen molar-refractivity contribution in [1.29, 1.82) is 0 Å². The summed E-state index contributed by atoms with van der Waals surface area (Å²) in [4.78, 5) is 25.3. The first-order valence-corrected chi connectivity index (χ1v) is 7.66. The number of carbonyl (C=O) groups excluding carboxylic acids is 2. The van der Waals surface area contributed by atoms with Gasteiger partial charge in [-0.25, -0.2) is 0 Å². The number of hydrogen-bond acceptors (Lipinski definition) is 3. The van der Waals surface area contributed by atoms with Crippen molar-refractivity contribution < 1.29 is 9.59 Å². The van der Waals surface area contributed by atoms with Crippen molar-refractivity contribution in [3.05, 3.63) is 19.9 Å². The van der Waals surface area contributed by atoms with Gasteiger partial charge in [-0.1, -0.05) is 13.3 Å². The molecule has 0 aromatic carbocycles. The Labute approximate surface area is 118 Å². The Kier molecular flexibility index (Phi) is 4.19. The third-order valence-corrected chi connectivity index (χ3v) is 4.75. The third-order valence-electron chi connectivity index (χ3n) is 2.96. The van der Waals surface area contributed by atoms with Crippen molar-refractivity contribution in [3.63, 3.8) is 0 Å². The molecule has 3 nitrogen and oxygen atoms in total. The van der Waals surface area contributed by atoms with E-state index in [0.29, 0.717) is 24.4 Å². The van der Waals surface area contributed by atoms with Crippen molar-refractivity contribution in [3.8, 4) is 0 Å². The van der Waals surface area contributed by atoms with Crippen molar-refractivity contribution in [1.82, 2.24) is 4.90 Å². The molecule has 1 aliphatic heterocycles. The molecular weight excluding hydrogens is 349 g/mol. The zero-order chi connectivity index (χ0) is 12.4. The number of thiophene rings is 1. The van der Waals surface area contributed by atoms with E-state index >= 15 is 0 Å². The molecule has 0 spiro atoms. The number of rotatable bonds is 3. The van der Waals surface area contributed by atoms with E-state index in [0.717, 1.165) is 15.7 Å². The molecule has 1 aromatic heterocycles. The van der Waals surface area contributed by atoms with Gasteiger partial charge in [0.25, 0.3) is 5.91 Å². The molecule has 2 rings (SSSR count). The maximum atomic E-state index is 12.1. The van der Waals surface area contributed by atoms with Gasteiger partial charge >= 0.3 is 0 Å². The average Bonchev–Trinajstić information content (AvgIpc) is 2.85. The fourth-order valence-corrected chi connectivity index (χ4v) is 3.48. The Morgan fingerprint density at radius 3 is 3.00 bits per heavy atom. The van der Waals surface area contributed by atoms with Crippen LogP contribution in [0.25, 0.3) is 0 Å². The van der Waals surface area contributed by atoms with Gasteiger partial charge in [-0.3, -0.25) is 14.5 Å². The summed E-state index contributed by atoms with van der Waals surface area (Å²) in [6.07, 6.45) is 2.62. The van der Waals surface area contributed by atoms with Gasteiger partial charge in [-0.15, -0.1) is 11.3 Å². The maximum Gasteiger partial charge on any atom is 0.261 e. The van der Waals surface area contributed by atoms with Crippen LogP contribution in [0.2, 0.25) is 0 Å². The minimum Gasteiger partial charge on any atom is -0.278 e. The largest absolute Gasteiger partial charge is 0.278 e. The van der Waals surface area contributed by atoms with E-state index < -0.39 is 0 Å². The highest BCUT2D eigenvalue weighted by molar-refractivity contribution is 14.1. The first-order valence-electron chi connectivity index (χ1n) is 5.70. The molecule has 2 heterocycles. The predicted octanol–water partition coefficient (Wildman–Crippen LogP) is 3.14. The molecule has 0 saturated carbocycles. The summed E-state index contributed by atoms with van der Waals surface area (Å²) >= 11 is 3.71. The van der Waals surface area contributed by atoms with Crippen molar-refractivity contribution in [2.45, 2.75) is 26.2 Å². The number of amides is 2. The number of carbonyl (C=O) groups is 2. The molecule has 92 valence electrons. The molecule has 17 heavy (non-hydrogen) atoms. The molecule has 2 amide bonds. The highest BCUT2D eigenvalue weighted by Crippen LogP contribution is 2.25. The fourth-order valence-electron chi connectivity index (χ4n) is 2.16. The molecule has 1 unspecified atom stereocenters. The normalized spacial score (nSPS) is 20.0. The highest BCUT2D eigenvalue weighted by atomic mass is 127. The van der Waals surface area contributed by atoms with Gasteiger partial charge < -0.3 is 0 Å². The summed E-state index contributed by atoms with van der Waals surface area (Å²) in [5.74, 6) is 0.205. The second-order valence-corrected chi connectivity index (χ2v) is 7.11. The monoisotopic (exact) mass is 363 g/mol. The lowest BCUT2D eigenvalue weighted by molar-refractivity contribution is -0.125. The van der Waals surface area contributed by atoms with Crippen molar-refractivity contribution >= 4 is 45.7 Å². The van der Waals surface area contributed by atoms with Gasteiger partial charge in [0.2, 0.25) is 5.91 Å². The summed E-state index contributed by atoms with van der Waals surface area (Å²) < 4.78 is 1.07. The van der Waals surface area contributed by atoms with Gasteiger partial charge in [-0.05, 0) is 41.0 Å². The summed E-state index contributed by atoms with van der Waals surface area (Å²) in [6, 6.07) is 1.84. The SMILES string of the molecule is CCCC1CC(=O)N(C(=O)c2csc(I)c2)C1. The smallest absolute Gasteiger partial charge is 0.261 e. The first-order chi connectivity index (χ1) is 8.11. The minimum atomic E-state index is -0.132. The van der Waals surface area contributed by atoms with E-state index in [2.05, 4.69) is 29.5 Å². The molecule has 1 fully saturated rings. The standard InChI is InChI=1S/C12H14INO2S/c1-2-3-8-4-11(15)14(6-8)12(16)9-5-10(13)17-7-9/h5,7-8H,2-4,6H2,1H3. The molecule has 0 radical (unpaired) electrons. The van der Waals surface area contributed by atoms with Crippen LogP contribution in [-0.2, 0) is 4.79 Å². The number of imide groups is 1. The quantitative estimate of drug-likeness (QED) is 0.611. The van der Waals surface area contributed by atoms with Crippen LogP contribution in [0.15, 0.2) is 11.4 Å². The lowest BCUT2D eigenvalue weighted by atomic mass is 10.0. The van der Waals surface area contributed by atoms with E-state index in [1.807, 2.05) is 11.4 Å². The Morgan fingerprint density at radius 1 is 1.65 bits per heavy atom. The average molecular weight is 363 g/mol. The molecule has 1 aromatic rings. The number of likely N-dealkylation sites (tertiary alicyclic amines) is 1. The Balaban J connectivity index is 2.08. The van der Waals surface area contributed by atoms with Crippen LogP contribution in [0.5, 0.6) is 0 Å². The Morgan fingerprint density at radius 2 is 2.41 bits per heavy atom. The zero-order valence-electron chi connectivity index (χ0n) is 9.61. The fraction of sp³-hybridized carbons (Fsp3) is 0.500. The van der Waals surface area contributed by atoms with E-state index in [-0.39, 0.29) is 11.8 Å². The van der Waals surface area contributed by atoms with E-state index in [4.69, 9.17) is 0 Å². The maximum absolute atomic E-state index is 12.1. The van der Waals surface area contributed by atoms with Gasteiger partial charge in [-0.2, -0.15) is 0 Å². The molecule has 1 atom stereocenters. The second kappa shape index (κ2) is 5.48. The molecule has 0 bridgehead atoms. The van der Waals surface area contributed by atoms with Crippen LogP contribution in [-0.4, -0.2) is 23.3 Å². The molecule has 0 aliphatic carbocycles. The van der Waals surface area contributed by atoms with Crippen molar-refractivity contribution in [2.75, 3.05) is 6.54 Å². The summed E-state index contributed by atoms with van der Waals surface area (Å²) in [5, 5.41) is 1.82. The minimum absolute atomic E-state index is 0.0188. The summed E-state index contributed by atoms with van der Waals surface area (Å²) in [6.45, 7) is 2.70. The lowest BCUT2D eigenvalue weighted by Crippen LogP contribution is -2.32. The summed E-state index contributed by atoms with van der Waals surface area (Å²) in [5.41, 5.74) is 0.643. The molecular formula is C12H14INO2S. The first kappa shape index (κ1) is 13.0. The van der Waals surface area contributed by atoms with E-state index in [1.54, 1.807) is 0 Å². The highest BCUT2D eigenvalue weighted by Gasteiger charge is 2.33. The zero-order valence-corrected chi connectivity index (χ0v) is 12.6. The van der Waals surface area contributed by atoms with Gasteiger partial charge in [0.05, 0.1) is 8.45 Å². The lowest BCUT2D eigenvalue weighted by Gasteiger charge is -2.13. The Hall–Kier alpha value is -0.430. The van der Waals surface area contributed by atoms with Crippen LogP contribution in [0.4, 0.5) is 0 Å². The number of halogens is 1. The second-order valence-electron chi connectivity index (χ2n) is 4.31. The van der Waals surface area contributed by atoms with E-state index in [9.17, 15) is 9.59 Å². The molecule has 5 heteroatoms. The van der Waals surface area contributed by atoms with E-state index in [1.165, 1.54) is 16.2 Å². The number of hydrogen-bond donors (Lipinski definition) is 0. The van der Waals surface area contributed by atoms with Crippen LogP contribution in [0, 0.1) is 8.80 Å². The van der Waals surface area contributed by atoms with Crippen LogP contribution in [0.1, 0.15) is 36.5 Å². The van der Waals surface area contributed by atoms with Gasteiger partial charge in [0.15, 0.2) is 0 Å². The van der Waals surface area contributed by atoms with Crippen molar-refractivity contribution in [2.24, 2.45) is 5.92 Å². The van der Waals surface area contributed by atoms with Crippen LogP contribution in [0.3, 0.4) is 0 Å². The predicted molar refractivity (Wildman–Crippen MR) is 76.1 cm³/mol. The molecule has 0 N–H and O–H groups in total. The molecule has 1 saturated heterocycles. The third kappa shape index (κ3) is 2.88. The summed E-state index contributed by atoms with van der Waals surface area (Å²) in [7, 11) is 0. The van der Waals surface area contributed by atoms with Crippen LogP contribution < -0.4 is 0 Å². The van der Waals surface area contributed by atoms with Gasteiger partial charge in [0.1, 0.15) is 0 Å². The van der Waals surface area contributed by atoms with Gasteiger partial charge in [0, 0.05) is 18.3 Å². The topological polar surface area (TPSA) is 37.4 Å².